The summed E-state index contributed by atoms with van der Waals surface area (Å²) in [5, 5.41) is 20.5. The number of allylic oxidation sites excluding steroid dienone is 9. The summed E-state index contributed by atoms with van der Waals surface area (Å²) in [7, 11) is 0. The first-order valence-electron chi connectivity index (χ1n) is 13.2. The number of aliphatic carboxylic acids is 2. The largest absolute Gasteiger partial charge is 0.489 e. The van der Waals surface area contributed by atoms with Crippen molar-refractivity contribution in [1.82, 2.24) is 0 Å². The third-order valence-corrected chi connectivity index (χ3v) is 6.61. The number of anilines is 1. The lowest BCUT2D eigenvalue weighted by Gasteiger charge is -2.32. The third-order valence-electron chi connectivity index (χ3n) is 6.61. The van der Waals surface area contributed by atoms with Crippen molar-refractivity contribution >= 4 is 29.3 Å². The molecule has 1 unspecified atom stereocenters. The highest BCUT2D eigenvalue weighted by Gasteiger charge is 2.26. The van der Waals surface area contributed by atoms with E-state index in [2.05, 4.69) is 38.2 Å². The maximum atomic E-state index is 12.4. The van der Waals surface area contributed by atoms with Gasteiger partial charge in [0, 0.05) is 11.8 Å². The van der Waals surface area contributed by atoms with Gasteiger partial charge in [-0.15, -0.1) is 0 Å². The van der Waals surface area contributed by atoms with Crippen LogP contribution in [0.5, 0.6) is 5.75 Å². The first-order valence-corrected chi connectivity index (χ1v) is 13.2. The van der Waals surface area contributed by atoms with Crippen molar-refractivity contribution < 1.29 is 34.1 Å². The van der Waals surface area contributed by atoms with Gasteiger partial charge in [0.2, 0.25) is 11.7 Å². The molecule has 0 saturated heterocycles. The van der Waals surface area contributed by atoms with Crippen molar-refractivity contribution in [3.8, 4) is 5.75 Å². The molecule has 0 saturated carbocycles. The summed E-state index contributed by atoms with van der Waals surface area (Å²) < 4.78 is 5.49. The fourth-order valence-corrected chi connectivity index (χ4v) is 4.52. The summed E-state index contributed by atoms with van der Waals surface area (Å²) in [6.07, 6.45) is 12.9. The van der Waals surface area contributed by atoms with Crippen molar-refractivity contribution in [1.29, 1.82) is 0 Å². The number of ketones is 1. The first-order chi connectivity index (χ1) is 18.8. The molecule has 214 valence electrons. The molecule has 0 radical (unpaired) electrons. The molecular formula is C32H39NO7. The second-order valence-corrected chi connectivity index (χ2v) is 10.7. The highest BCUT2D eigenvalue weighted by molar-refractivity contribution is 6.32. The molecule has 0 bridgehead atoms. The monoisotopic (exact) mass is 549 g/mol. The Bertz CT molecular complexity index is 1260. The van der Waals surface area contributed by atoms with Crippen LogP contribution in [-0.2, 0) is 19.2 Å². The van der Waals surface area contributed by atoms with Gasteiger partial charge in [-0.05, 0) is 80.9 Å². The number of hydrogen-bond donors (Lipinski definition) is 3. The number of Topliss-reactive ketones (excluding diaryl/α,β-unsaturated/α-hetero) is 1. The summed E-state index contributed by atoms with van der Waals surface area (Å²) in [6.45, 7) is 10.7. The highest BCUT2D eigenvalue weighted by atomic mass is 16.5. The summed E-state index contributed by atoms with van der Waals surface area (Å²) in [6, 6.07) is 6.12. The number of amides is 1. The summed E-state index contributed by atoms with van der Waals surface area (Å²) >= 11 is 0. The van der Waals surface area contributed by atoms with Gasteiger partial charge in [-0.25, -0.2) is 4.79 Å². The molecule has 1 aliphatic carbocycles. The van der Waals surface area contributed by atoms with Gasteiger partial charge in [-0.2, -0.15) is 0 Å². The van der Waals surface area contributed by atoms with E-state index in [9.17, 15) is 19.2 Å². The molecule has 8 heteroatoms. The first kappa shape index (κ1) is 32.0. The Balaban J connectivity index is 1.95. The van der Waals surface area contributed by atoms with Crippen molar-refractivity contribution in [3.05, 3.63) is 83.0 Å². The van der Waals surface area contributed by atoms with Crippen LogP contribution < -0.4 is 10.1 Å². The summed E-state index contributed by atoms with van der Waals surface area (Å²) in [5.41, 5.74) is 5.42. The van der Waals surface area contributed by atoms with Crippen LogP contribution in [0.15, 0.2) is 83.0 Å². The number of carboxylic acid groups (broad SMARTS) is 2. The Morgan fingerprint density at radius 3 is 2.30 bits per heavy atom. The van der Waals surface area contributed by atoms with E-state index in [1.165, 1.54) is 42.2 Å². The summed E-state index contributed by atoms with van der Waals surface area (Å²) in [4.78, 5) is 45.7. The van der Waals surface area contributed by atoms with E-state index < -0.39 is 36.7 Å². The minimum Gasteiger partial charge on any atom is -0.489 e. The quantitative estimate of drug-likeness (QED) is 0.147. The number of carboxylic acids is 2. The molecule has 40 heavy (non-hydrogen) atoms. The molecule has 2 rings (SSSR count). The van der Waals surface area contributed by atoms with Crippen molar-refractivity contribution in [2.24, 2.45) is 5.41 Å². The van der Waals surface area contributed by atoms with Crippen LogP contribution in [0.1, 0.15) is 66.7 Å². The standard InChI is InChI=1S/C32H39NO7/c1-21(11-16-27-23(3)10-7-17-32(27,4)5)8-6-9-22(2)18-29(35)33-24-12-14-25(15-13-24)40-26(20-30(36)37)19-28(34)31(38)39/h6,8-9,11-16,18,26H,7,10,17,19-20H2,1-5H3,(H,33,35)(H,36,37)(H,38,39)/b9-6+,16-11+,21-8+,22-18+. The zero-order chi connectivity index (χ0) is 29.9. The maximum Gasteiger partial charge on any atom is 0.372 e. The Kier molecular flexibility index (Phi) is 11.9. The number of benzene rings is 1. The SMILES string of the molecule is CC1=C(/C=C/C(C)=C/C=C/C(C)=C/C(=O)Nc2ccc(OC(CC(=O)O)CC(=O)C(=O)O)cc2)C(C)(C)CCC1. The second kappa shape index (κ2) is 14.8. The normalized spacial score (nSPS) is 16.7. The van der Waals surface area contributed by atoms with E-state index >= 15 is 0 Å². The van der Waals surface area contributed by atoms with Crippen molar-refractivity contribution in [2.75, 3.05) is 5.32 Å². The molecule has 0 heterocycles. The molecule has 3 N–H and O–H groups in total. The smallest absolute Gasteiger partial charge is 0.372 e. The van der Waals surface area contributed by atoms with Crippen LogP contribution in [0.25, 0.3) is 0 Å². The van der Waals surface area contributed by atoms with Crippen LogP contribution in [0.3, 0.4) is 0 Å². The van der Waals surface area contributed by atoms with E-state index in [4.69, 9.17) is 14.9 Å². The minimum absolute atomic E-state index is 0.195. The number of carbonyl (C=O) groups is 4. The molecular weight excluding hydrogens is 510 g/mol. The minimum atomic E-state index is -1.65. The number of rotatable bonds is 13. The van der Waals surface area contributed by atoms with Gasteiger partial charge in [0.25, 0.3) is 0 Å². The third kappa shape index (κ3) is 10.9. The van der Waals surface area contributed by atoms with E-state index in [1.807, 2.05) is 32.1 Å². The number of ether oxygens (including phenoxy) is 1. The lowest BCUT2D eigenvalue weighted by atomic mass is 9.72. The molecule has 0 fully saturated rings. The molecule has 1 aromatic rings. The van der Waals surface area contributed by atoms with Crippen molar-refractivity contribution in [3.63, 3.8) is 0 Å². The van der Waals surface area contributed by atoms with Gasteiger partial charge in [0.15, 0.2) is 0 Å². The molecule has 8 nitrogen and oxygen atoms in total. The fraction of sp³-hybridized carbons (Fsp3) is 0.375. The Morgan fingerprint density at radius 1 is 1.02 bits per heavy atom. The van der Waals surface area contributed by atoms with Crippen LogP contribution >= 0.6 is 0 Å². The van der Waals surface area contributed by atoms with Crippen molar-refractivity contribution in [2.45, 2.75) is 72.8 Å². The maximum absolute atomic E-state index is 12.4. The number of hydrogen-bond acceptors (Lipinski definition) is 5. The van der Waals surface area contributed by atoms with E-state index in [-0.39, 0.29) is 17.1 Å². The van der Waals surface area contributed by atoms with Gasteiger partial charge >= 0.3 is 11.9 Å². The Labute approximate surface area is 235 Å². The van der Waals surface area contributed by atoms with Gasteiger partial charge in [-0.1, -0.05) is 55.4 Å². The molecule has 1 aromatic carbocycles. The Morgan fingerprint density at radius 2 is 1.70 bits per heavy atom. The highest BCUT2D eigenvalue weighted by Crippen LogP contribution is 2.40. The molecule has 1 atom stereocenters. The second-order valence-electron chi connectivity index (χ2n) is 10.7. The van der Waals surface area contributed by atoms with Crippen LogP contribution in [0, 0.1) is 5.41 Å². The molecule has 0 aliphatic heterocycles. The zero-order valence-electron chi connectivity index (χ0n) is 23.8. The molecule has 1 amide bonds. The summed E-state index contributed by atoms with van der Waals surface area (Å²) in [5.74, 6) is -4.09. The zero-order valence-corrected chi connectivity index (χ0v) is 23.8. The van der Waals surface area contributed by atoms with Gasteiger partial charge in [0.05, 0.1) is 12.8 Å². The lowest BCUT2D eigenvalue weighted by Crippen LogP contribution is -2.27. The fourth-order valence-electron chi connectivity index (χ4n) is 4.52. The number of carbonyl (C=O) groups excluding carboxylic acids is 2. The van der Waals surface area contributed by atoms with Crippen LogP contribution in [0.4, 0.5) is 5.69 Å². The van der Waals surface area contributed by atoms with E-state index in [0.29, 0.717) is 5.69 Å². The van der Waals surface area contributed by atoms with Crippen LogP contribution in [0.2, 0.25) is 0 Å². The number of nitrogens with one attached hydrogen (secondary N) is 1. The Hall–Kier alpha value is -4.20. The van der Waals surface area contributed by atoms with Gasteiger partial charge < -0.3 is 20.3 Å². The predicted molar refractivity (Wildman–Crippen MR) is 155 cm³/mol. The van der Waals surface area contributed by atoms with Crippen LogP contribution in [-0.4, -0.2) is 39.9 Å². The molecule has 0 spiro atoms. The van der Waals surface area contributed by atoms with E-state index in [0.717, 1.165) is 17.6 Å². The van der Waals surface area contributed by atoms with E-state index in [1.54, 1.807) is 12.1 Å². The molecule has 1 aliphatic rings. The average Bonchev–Trinajstić information content (AvgIpc) is 2.84. The van der Waals surface area contributed by atoms with Gasteiger partial charge in [0.1, 0.15) is 11.9 Å². The van der Waals surface area contributed by atoms with Gasteiger partial charge in [-0.3, -0.25) is 14.4 Å². The predicted octanol–water partition coefficient (Wildman–Crippen LogP) is 6.42. The average molecular weight is 550 g/mol. The lowest BCUT2D eigenvalue weighted by molar-refractivity contribution is -0.150. The molecule has 0 aromatic heterocycles. The topological polar surface area (TPSA) is 130 Å².